The molecular weight excluding hydrogens is 410 g/mol. The number of rotatable bonds is 6. The van der Waals surface area contributed by atoms with E-state index in [1.165, 1.54) is 0 Å². The van der Waals surface area contributed by atoms with Crippen LogP contribution in [0.1, 0.15) is 37.7 Å². The lowest BCUT2D eigenvalue weighted by atomic mass is 10.1. The number of fused-ring (bicyclic) bond motifs is 1. The fourth-order valence-electron chi connectivity index (χ4n) is 3.26. The van der Waals surface area contributed by atoms with Crippen molar-refractivity contribution >= 4 is 23.2 Å². The molecule has 0 aliphatic rings. The summed E-state index contributed by atoms with van der Waals surface area (Å²) in [6.45, 7) is 7.26. The van der Waals surface area contributed by atoms with Crippen molar-refractivity contribution in [3.63, 3.8) is 0 Å². The quantitative estimate of drug-likeness (QED) is 0.478. The summed E-state index contributed by atoms with van der Waals surface area (Å²) in [6.07, 6.45) is -1.10. The van der Waals surface area contributed by atoms with Crippen molar-refractivity contribution in [3.05, 3.63) is 65.4 Å². The predicted octanol–water partition coefficient (Wildman–Crippen LogP) is 5.87. The molecule has 0 aliphatic carbocycles. The van der Waals surface area contributed by atoms with E-state index in [1.807, 2.05) is 55.5 Å². The minimum atomic E-state index is -0.753. The van der Waals surface area contributed by atoms with Crippen LogP contribution in [0.4, 0.5) is 9.59 Å². The highest BCUT2D eigenvalue weighted by Crippen LogP contribution is 2.31. The highest BCUT2D eigenvalue weighted by molar-refractivity contribution is 5.89. The molecule has 0 bridgehead atoms. The Morgan fingerprint density at radius 2 is 1.75 bits per heavy atom. The number of amides is 2. The van der Waals surface area contributed by atoms with Gasteiger partial charge in [-0.1, -0.05) is 36.4 Å². The molecule has 32 heavy (non-hydrogen) atoms. The molecule has 0 N–H and O–H groups in total. The zero-order chi connectivity index (χ0) is 23.3. The summed E-state index contributed by atoms with van der Waals surface area (Å²) >= 11 is 0. The predicted molar refractivity (Wildman–Crippen MR) is 121 cm³/mol. The lowest BCUT2D eigenvalue weighted by molar-refractivity contribution is 0.0211. The average molecular weight is 440 g/mol. The Bertz CT molecular complexity index is 1080. The van der Waals surface area contributed by atoms with Gasteiger partial charge in [-0.15, -0.1) is 0 Å². The fraction of sp³-hybridized carbons (Fsp3) is 0.360. The lowest BCUT2D eigenvalue weighted by Crippen LogP contribution is -2.42. The Hall–Kier alpha value is -3.48. The molecule has 1 aromatic heterocycles. The maximum absolute atomic E-state index is 12.8. The van der Waals surface area contributed by atoms with Crippen LogP contribution < -0.4 is 4.74 Å². The van der Waals surface area contributed by atoms with Crippen molar-refractivity contribution in [1.82, 2.24) is 4.90 Å². The number of ether oxygens (including phenoxy) is 3. The molecule has 7 heteroatoms. The Kier molecular flexibility index (Phi) is 7.08. The van der Waals surface area contributed by atoms with E-state index in [4.69, 9.17) is 18.6 Å². The van der Waals surface area contributed by atoms with Crippen LogP contribution in [0.5, 0.6) is 5.75 Å². The number of benzene rings is 2. The van der Waals surface area contributed by atoms with Gasteiger partial charge < -0.3 is 18.6 Å². The Morgan fingerprint density at radius 1 is 1.03 bits per heavy atom. The first-order valence-electron chi connectivity index (χ1n) is 10.4. The normalized spacial score (nSPS) is 11.3. The van der Waals surface area contributed by atoms with Crippen LogP contribution in [0.3, 0.4) is 0 Å². The lowest BCUT2D eigenvalue weighted by Gasteiger charge is -2.25. The van der Waals surface area contributed by atoms with Gasteiger partial charge in [0.25, 0.3) is 0 Å². The van der Waals surface area contributed by atoms with Gasteiger partial charge in [0.15, 0.2) is 11.3 Å². The van der Waals surface area contributed by atoms with Gasteiger partial charge in [-0.3, -0.25) is 0 Å². The molecule has 0 atom stereocenters. The summed E-state index contributed by atoms with van der Waals surface area (Å²) in [7, 11) is 1.58. The van der Waals surface area contributed by atoms with Crippen molar-refractivity contribution in [2.24, 2.45) is 0 Å². The number of carbonyl (C=O) groups excluding carboxylic acids is 2. The molecule has 0 saturated carbocycles. The average Bonchev–Trinajstić information content (AvgIpc) is 3.13. The highest BCUT2D eigenvalue weighted by atomic mass is 16.6. The number of nitrogens with zero attached hydrogens (tertiary/aromatic N) is 1. The van der Waals surface area contributed by atoms with E-state index in [-0.39, 0.29) is 13.2 Å². The molecule has 0 aliphatic heterocycles. The third kappa shape index (κ3) is 5.81. The van der Waals surface area contributed by atoms with Crippen molar-refractivity contribution in [3.8, 4) is 5.75 Å². The summed E-state index contributed by atoms with van der Waals surface area (Å²) in [6, 6.07) is 14.9. The van der Waals surface area contributed by atoms with E-state index >= 15 is 0 Å². The third-order valence-corrected chi connectivity index (χ3v) is 4.72. The Labute approximate surface area is 187 Å². The van der Waals surface area contributed by atoms with Crippen LogP contribution in [0.2, 0.25) is 0 Å². The topological polar surface area (TPSA) is 78.2 Å². The molecule has 0 spiro atoms. The maximum Gasteiger partial charge on any atom is 0.419 e. The molecule has 2 amide bonds. The minimum Gasteiger partial charge on any atom is -0.493 e. The van der Waals surface area contributed by atoms with E-state index in [1.54, 1.807) is 27.9 Å². The molecule has 170 valence electrons. The van der Waals surface area contributed by atoms with Gasteiger partial charge in [-0.2, -0.15) is 0 Å². The monoisotopic (exact) mass is 439 g/mol. The van der Waals surface area contributed by atoms with Gasteiger partial charge in [-0.25, -0.2) is 14.5 Å². The first-order valence-corrected chi connectivity index (χ1v) is 10.4. The molecule has 3 aromatic rings. The Balaban J connectivity index is 1.78. The maximum atomic E-state index is 12.8. The summed E-state index contributed by atoms with van der Waals surface area (Å²) in [4.78, 5) is 26.6. The first-order chi connectivity index (χ1) is 15.2. The van der Waals surface area contributed by atoms with Gasteiger partial charge in [0.05, 0.1) is 7.11 Å². The number of imide groups is 1. The number of furan rings is 1. The molecule has 1 heterocycles. The number of methoxy groups -OCH3 is 1. The van der Waals surface area contributed by atoms with Crippen molar-refractivity contribution in [1.29, 1.82) is 0 Å². The summed E-state index contributed by atoms with van der Waals surface area (Å²) in [5.41, 5.74) is 1.64. The third-order valence-electron chi connectivity index (χ3n) is 4.72. The van der Waals surface area contributed by atoms with Gasteiger partial charge in [-0.05, 0) is 57.4 Å². The van der Waals surface area contributed by atoms with Gasteiger partial charge in [0.2, 0.25) is 0 Å². The largest absolute Gasteiger partial charge is 0.493 e. The van der Waals surface area contributed by atoms with E-state index in [0.29, 0.717) is 17.8 Å². The standard InChI is InChI=1S/C25H29NO6/c1-17-15-20-19(11-12-21(29-5)22(20)31-17)13-14-26(24(28)32-25(2,3)4)23(27)30-16-18-9-7-6-8-10-18/h6-12,15H,13-14,16H2,1-5H3. The number of aryl methyl sites for hydroxylation is 1. The van der Waals surface area contributed by atoms with E-state index in [0.717, 1.165) is 27.2 Å². The highest BCUT2D eigenvalue weighted by Gasteiger charge is 2.28. The van der Waals surface area contributed by atoms with Gasteiger partial charge >= 0.3 is 12.2 Å². The molecule has 0 fully saturated rings. The molecule has 7 nitrogen and oxygen atoms in total. The van der Waals surface area contributed by atoms with E-state index in [2.05, 4.69) is 0 Å². The molecule has 3 rings (SSSR count). The zero-order valence-corrected chi connectivity index (χ0v) is 19.1. The van der Waals surface area contributed by atoms with Crippen LogP contribution in [-0.2, 0) is 22.5 Å². The second-order valence-corrected chi connectivity index (χ2v) is 8.45. The summed E-state index contributed by atoms with van der Waals surface area (Å²) in [5.74, 6) is 1.38. The van der Waals surface area contributed by atoms with Crippen LogP contribution >= 0.6 is 0 Å². The van der Waals surface area contributed by atoms with E-state index in [9.17, 15) is 9.59 Å². The summed E-state index contributed by atoms with van der Waals surface area (Å²) in [5, 5.41) is 0.878. The molecule has 0 saturated heterocycles. The van der Waals surface area contributed by atoms with E-state index < -0.39 is 17.8 Å². The smallest absolute Gasteiger partial charge is 0.419 e. The fourth-order valence-corrected chi connectivity index (χ4v) is 3.26. The minimum absolute atomic E-state index is 0.0622. The van der Waals surface area contributed by atoms with Crippen molar-refractivity contribution < 1.29 is 28.2 Å². The van der Waals surface area contributed by atoms with Crippen LogP contribution in [0.15, 0.2) is 52.9 Å². The molecule has 0 radical (unpaired) electrons. The van der Waals surface area contributed by atoms with Crippen molar-refractivity contribution in [2.45, 2.75) is 46.3 Å². The number of carbonyl (C=O) groups is 2. The number of hydrogen-bond donors (Lipinski definition) is 0. The second-order valence-electron chi connectivity index (χ2n) is 8.45. The number of hydrogen-bond acceptors (Lipinski definition) is 6. The van der Waals surface area contributed by atoms with Crippen molar-refractivity contribution in [2.75, 3.05) is 13.7 Å². The van der Waals surface area contributed by atoms with Crippen LogP contribution in [0, 0.1) is 6.92 Å². The zero-order valence-electron chi connectivity index (χ0n) is 19.1. The SMILES string of the molecule is COc1ccc(CCN(C(=O)OCc2ccccc2)C(=O)OC(C)(C)C)c2cc(C)oc12. The molecular formula is C25H29NO6. The van der Waals surface area contributed by atoms with Crippen LogP contribution in [0.25, 0.3) is 11.0 Å². The summed E-state index contributed by atoms with van der Waals surface area (Å²) < 4.78 is 22.0. The van der Waals surface area contributed by atoms with Gasteiger partial charge in [0, 0.05) is 11.9 Å². The molecule has 2 aromatic carbocycles. The first kappa shape index (κ1) is 23.2. The Morgan fingerprint density at radius 3 is 2.41 bits per heavy atom. The van der Waals surface area contributed by atoms with Crippen LogP contribution in [-0.4, -0.2) is 36.3 Å². The molecule has 0 unspecified atom stereocenters. The second kappa shape index (κ2) is 9.77. The van der Waals surface area contributed by atoms with Gasteiger partial charge in [0.1, 0.15) is 18.0 Å².